The molecule has 5 heteroatoms. The van der Waals surface area contributed by atoms with E-state index in [1.165, 1.54) is 12.4 Å². The van der Waals surface area contributed by atoms with Gasteiger partial charge in [-0.15, -0.1) is 0 Å². The van der Waals surface area contributed by atoms with Gasteiger partial charge in [0.15, 0.2) is 0 Å². The number of hydrogen-bond acceptors (Lipinski definition) is 4. The van der Waals surface area contributed by atoms with Gasteiger partial charge in [0.2, 0.25) is 0 Å². The minimum absolute atomic E-state index is 0.271. The van der Waals surface area contributed by atoms with E-state index in [1.54, 1.807) is 6.92 Å². The minimum atomic E-state index is -0.503. The van der Waals surface area contributed by atoms with Crippen molar-refractivity contribution in [2.75, 3.05) is 0 Å². The summed E-state index contributed by atoms with van der Waals surface area (Å²) in [5.74, 6) is -0.797. The maximum atomic E-state index is 11.7. The second-order valence-electron chi connectivity index (χ2n) is 4.52. The molecule has 4 nitrogen and oxygen atoms in total. The molecule has 0 fully saturated rings. The summed E-state index contributed by atoms with van der Waals surface area (Å²) in [4.78, 5) is 19.6. The van der Waals surface area contributed by atoms with Crippen LogP contribution in [0.4, 0.5) is 0 Å². The molecule has 1 rings (SSSR count). The topological polar surface area (TPSA) is 52.1 Å². The van der Waals surface area contributed by atoms with Crippen LogP contribution >= 0.6 is 11.6 Å². The van der Waals surface area contributed by atoms with E-state index >= 15 is 0 Å². The summed E-state index contributed by atoms with van der Waals surface area (Å²) >= 11 is 5.70. The molecule has 0 saturated heterocycles. The summed E-state index contributed by atoms with van der Waals surface area (Å²) in [5, 5.41) is 0.271. The molecule has 88 valence electrons. The lowest BCUT2D eigenvalue weighted by Gasteiger charge is -2.21. The summed E-state index contributed by atoms with van der Waals surface area (Å²) in [6.45, 7) is 7.18. The molecule has 0 N–H and O–H groups in total. The SMILES string of the molecule is CC(C(=O)OC(C)(C)C)c1cncc(Cl)n1. The number of nitrogens with zero attached hydrogens (tertiary/aromatic N) is 2. The van der Waals surface area contributed by atoms with Gasteiger partial charge in [0.05, 0.1) is 17.8 Å². The Morgan fingerprint density at radius 1 is 1.44 bits per heavy atom. The van der Waals surface area contributed by atoms with Crippen molar-refractivity contribution in [1.29, 1.82) is 0 Å². The Bertz CT molecular complexity index is 388. The zero-order chi connectivity index (χ0) is 12.3. The van der Waals surface area contributed by atoms with Crippen LogP contribution in [0.15, 0.2) is 12.4 Å². The standard InChI is InChI=1S/C11H15ClN2O2/c1-7(10(15)16-11(2,3)4)8-5-13-6-9(12)14-8/h5-7H,1-4H3. The first-order valence-electron chi connectivity index (χ1n) is 5.00. The van der Waals surface area contributed by atoms with Crippen molar-refractivity contribution in [3.05, 3.63) is 23.2 Å². The lowest BCUT2D eigenvalue weighted by atomic mass is 10.1. The normalized spacial score (nSPS) is 13.3. The molecule has 0 radical (unpaired) electrons. The van der Waals surface area contributed by atoms with Crippen LogP contribution in [0.3, 0.4) is 0 Å². The van der Waals surface area contributed by atoms with E-state index in [0.717, 1.165) is 0 Å². The van der Waals surface area contributed by atoms with Crippen LogP contribution in [0, 0.1) is 0 Å². The molecule has 16 heavy (non-hydrogen) atoms. The van der Waals surface area contributed by atoms with E-state index in [1.807, 2.05) is 20.8 Å². The number of hydrogen-bond donors (Lipinski definition) is 0. The Balaban J connectivity index is 2.78. The zero-order valence-corrected chi connectivity index (χ0v) is 10.6. The van der Waals surface area contributed by atoms with Gasteiger partial charge in [0.1, 0.15) is 10.8 Å². The lowest BCUT2D eigenvalue weighted by molar-refractivity contribution is -0.156. The van der Waals surface area contributed by atoms with Crippen LogP contribution in [-0.4, -0.2) is 21.5 Å². The van der Waals surface area contributed by atoms with Crippen molar-refractivity contribution in [2.45, 2.75) is 39.2 Å². The van der Waals surface area contributed by atoms with Crippen molar-refractivity contribution >= 4 is 17.6 Å². The maximum Gasteiger partial charge on any atom is 0.315 e. The number of halogens is 1. The number of carbonyl (C=O) groups is 1. The quantitative estimate of drug-likeness (QED) is 0.748. The summed E-state index contributed by atoms with van der Waals surface area (Å²) in [5.41, 5.74) is 0.0129. The van der Waals surface area contributed by atoms with Crippen LogP contribution in [0.25, 0.3) is 0 Å². The van der Waals surface area contributed by atoms with Gasteiger partial charge in [-0.2, -0.15) is 0 Å². The Morgan fingerprint density at radius 3 is 2.56 bits per heavy atom. The van der Waals surface area contributed by atoms with E-state index in [0.29, 0.717) is 5.69 Å². The second kappa shape index (κ2) is 4.78. The molecule has 0 aromatic carbocycles. The molecule has 0 aliphatic carbocycles. The van der Waals surface area contributed by atoms with Crippen LogP contribution in [0.2, 0.25) is 5.15 Å². The number of rotatable bonds is 2. The van der Waals surface area contributed by atoms with E-state index in [4.69, 9.17) is 16.3 Å². The first kappa shape index (κ1) is 12.9. The molecule has 1 aromatic rings. The Morgan fingerprint density at radius 2 is 2.06 bits per heavy atom. The molecule has 0 spiro atoms. The molecular weight excluding hydrogens is 228 g/mol. The molecule has 0 amide bonds. The molecule has 0 bridgehead atoms. The van der Waals surface area contributed by atoms with Crippen LogP contribution in [0.1, 0.15) is 39.3 Å². The highest BCUT2D eigenvalue weighted by atomic mass is 35.5. The lowest BCUT2D eigenvalue weighted by Crippen LogP contribution is -2.27. The van der Waals surface area contributed by atoms with Gasteiger partial charge in [-0.05, 0) is 27.7 Å². The molecule has 0 saturated carbocycles. The fraction of sp³-hybridized carbons (Fsp3) is 0.545. The molecule has 0 aliphatic rings. The Kier molecular flexibility index (Phi) is 3.86. The van der Waals surface area contributed by atoms with Gasteiger partial charge in [-0.25, -0.2) is 4.98 Å². The Hall–Kier alpha value is -1.16. The number of esters is 1. The van der Waals surface area contributed by atoms with Crippen molar-refractivity contribution in [3.63, 3.8) is 0 Å². The van der Waals surface area contributed by atoms with E-state index in [-0.39, 0.29) is 11.1 Å². The fourth-order valence-corrected chi connectivity index (χ4v) is 1.23. The highest BCUT2D eigenvalue weighted by Crippen LogP contribution is 2.19. The van der Waals surface area contributed by atoms with Crippen molar-refractivity contribution in [1.82, 2.24) is 9.97 Å². The van der Waals surface area contributed by atoms with Gasteiger partial charge in [0, 0.05) is 6.20 Å². The van der Waals surface area contributed by atoms with Crippen LogP contribution < -0.4 is 0 Å². The first-order valence-corrected chi connectivity index (χ1v) is 5.37. The van der Waals surface area contributed by atoms with Gasteiger partial charge in [-0.1, -0.05) is 11.6 Å². The largest absolute Gasteiger partial charge is 0.459 e. The summed E-state index contributed by atoms with van der Waals surface area (Å²) in [6, 6.07) is 0. The first-order chi connectivity index (χ1) is 7.29. The number of ether oxygens (including phenoxy) is 1. The molecule has 1 atom stereocenters. The zero-order valence-electron chi connectivity index (χ0n) is 9.82. The third-order valence-electron chi connectivity index (χ3n) is 1.83. The molecule has 0 aliphatic heterocycles. The fourth-order valence-electron chi connectivity index (χ4n) is 1.08. The molecule has 1 aromatic heterocycles. The average molecular weight is 243 g/mol. The maximum absolute atomic E-state index is 11.7. The van der Waals surface area contributed by atoms with Crippen molar-refractivity contribution in [3.8, 4) is 0 Å². The van der Waals surface area contributed by atoms with E-state index in [9.17, 15) is 4.79 Å². The van der Waals surface area contributed by atoms with Gasteiger partial charge in [-0.3, -0.25) is 9.78 Å². The summed E-state index contributed by atoms with van der Waals surface area (Å²) in [7, 11) is 0. The molecular formula is C11H15ClN2O2. The summed E-state index contributed by atoms with van der Waals surface area (Å²) < 4.78 is 5.24. The third-order valence-corrected chi connectivity index (χ3v) is 2.01. The third kappa shape index (κ3) is 3.77. The molecule has 1 unspecified atom stereocenters. The second-order valence-corrected chi connectivity index (χ2v) is 4.91. The minimum Gasteiger partial charge on any atom is -0.459 e. The van der Waals surface area contributed by atoms with Gasteiger partial charge >= 0.3 is 5.97 Å². The van der Waals surface area contributed by atoms with E-state index in [2.05, 4.69) is 9.97 Å². The summed E-state index contributed by atoms with van der Waals surface area (Å²) in [6.07, 6.45) is 2.94. The van der Waals surface area contributed by atoms with Gasteiger partial charge in [0.25, 0.3) is 0 Å². The predicted octanol–water partition coefficient (Wildman–Crippen LogP) is 2.58. The van der Waals surface area contributed by atoms with Crippen LogP contribution in [0.5, 0.6) is 0 Å². The molecule has 1 heterocycles. The van der Waals surface area contributed by atoms with Gasteiger partial charge < -0.3 is 4.74 Å². The van der Waals surface area contributed by atoms with E-state index < -0.39 is 11.5 Å². The average Bonchev–Trinajstić information content (AvgIpc) is 2.14. The number of carbonyl (C=O) groups excluding carboxylic acids is 1. The van der Waals surface area contributed by atoms with Crippen molar-refractivity contribution < 1.29 is 9.53 Å². The monoisotopic (exact) mass is 242 g/mol. The smallest absolute Gasteiger partial charge is 0.315 e. The van der Waals surface area contributed by atoms with Crippen molar-refractivity contribution in [2.24, 2.45) is 0 Å². The highest BCUT2D eigenvalue weighted by Gasteiger charge is 2.24. The Labute approximate surface area is 100 Å². The predicted molar refractivity (Wildman–Crippen MR) is 61.3 cm³/mol. The highest BCUT2D eigenvalue weighted by molar-refractivity contribution is 6.29. The number of aromatic nitrogens is 2. The van der Waals surface area contributed by atoms with Crippen LogP contribution in [-0.2, 0) is 9.53 Å².